The van der Waals surface area contributed by atoms with E-state index in [4.69, 9.17) is 9.98 Å². The van der Waals surface area contributed by atoms with E-state index < -0.39 is 9.84 Å². The van der Waals surface area contributed by atoms with Gasteiger partial charge < -0.3 is 9.13 Å². The number of nitrogens with zero attached hydrogens (tertiary/aromatic N) is 4. The Labute approximate surface area is 270 Å². The van der Waals surface area contributed by atoms with Crippen molar-refractivity contribution < 1.29 is 8.42 Å². The van der Waals surface area contributed by atoms with Crippen LogP contribution < -0.4 is 9.60 Å². The molecule has 2 aromatic heterocycles. The van der Waals surface area contributed by atoms with Crippen LogP contribution in [0.3, 0.4) is 0 Å². The average molecular weight is 647 g/mol. The highest BCUT2D eigenvalue weighted by atomic mass is 32.2. The summed E-state index contributed by atoms with van der Waals surface area (Å²) in [6.07, 6.45) is 3.68. The number of thiazole rings is 2. The van der Waals surface area contributed by atoms with Crippen molar-refractivity contribution in [3.63, 3.8) is 0 Å². The number of rotatable bonds is 10. The van der Waals surface area contributed by atoms with E-state index in [1.54, 1.807) is 48.5 Å². The fourth-order valence-corrected chi connectivity index (χ4v) is 8.02. The van der Waals surface area contributed by atoms with Crippen molar-refractivity contribution in [2.45, 2.75) is 22.9 Å². The second kappa shape index (κ2) is 13.4. The molecule has 2 heterocycles. The van der Waals surface area contributed by atoms with E-state index in [0.29, 0.717) is 24.5 Å². The third-order valence-electron chi connectivity index (χ3n) is 7.10. The van der Waals surface area contributed by atoms with Crippen molar-refractivity contribution in [3.8, 4) is 22.5 Å². The van der Waals surface area contributed by atoms with Gasteiger partial charge in [-0.15, -0.1) is 35.8 Å². The number of sulfone groups is 1. The molecule has 0 aliphatic carbocycles. The van der Waals surface area contributed by atoms with Gasteiger partial charge in [0.05, 0.1) is 32.6 Å². The predicted molar refractivity (Wildman–Crippen MR) is 185 cm³/mol. The van der Waals surface area contributed by atoms with Gasteiger partial charge in [-0.25, -0.2) is 18.4 Å². The van der Waals surface area contributed by atoms with Crippen molar-refractivity contribution in [2.24, 2.45) is 9.98 Å². The van der Waals surface area contributed by atoms with Crippen molar-refractivity contribution in [3.05, 3.63) is 155 Å². The monoisotopic (exact) mass is 646 g/mol. The van der Waals surface area contributed by atoms with E-state index in [1.807, 2.05) is 48.6 Å². The molecule has 0 saturated heterocycles. The Morgan fingerprint density at radius 1 is 0.578 bits per heavy atom. The zero-order chi connectivity index (χ0) is 31.2. The molecule has 0 atom stereocenters. The lowest BCUT2D eigenvalue weighted by atomic mass is 10.2. The Hall–Kier alpha value is -4.83. The summed E-state index contributed by atoms with van der Waals surface area (Å²) in [5.74, 6) is 0. The third kappa shape index (κ3) is 6.51. The molecule has 9 heteroatoms. The van der Waals surface area contributed by atoms with Gasteiger partial charge in [0.2, 0.25) is 9.84 Å². The molecule has 0 aliphatic heterocycles. The van der Waals surface area contributed by atoms with Gasteiger partial charge in [-0.05, 0) is 59.7 Å². The largest absolute Gasteiger partial charge is 0.313 e. The Morgan fingerprint density at radius 2 is 0.956 bits per heavy atom. The first-order chi connectivity index (χ1) is 22.0. The Morgan fingerprint density at radius 3 is 1.31 bits per heavy atom. The summed E-state index contributed by atoms with van der Waals surface area (Å²) < 4.78 is 31.2. The molecule has 4 aromatic carbocycles. The summed E-state index contributed by atoms with van der Waals surface area (Å²) in [7, 11) is -3.73. The Kier molecular flexibility index (Phi) is 9.02. The predicted octanol–water partition coefficient (Wildman–Crippen LogP) is 8.42. The maximum Gasteiger partial charge on any atom is 0.206 e. The van der Waals surface area contributed by atoms with Crippen LogP contribution in [-0.2, 0) is 22.9 Å². The Balaban J connectivity index is 1.26. The van der Waals surface area contributed by atoms with Gasteiger partial charge in [-0.3, -0.25) is 0 Å². The summed E-state index contributed by atoms with van der Waals surface area (Å²) in [5.41, 5.74) is 5.64. The quantitative estimate of drug-likeness (QED) is 0.140. The van der Waals surface area contributed by atoms with Crippen LogP contribution in [0.2, 0.25) is 0 Å². The van der Waals surface area contributed by atoms with Crippen LogP contribution in [0.1, 0.15) is 0 Å². The van der Waals surface area contributed by atoms with Crippen LogP contribution in [-0.4, -0.2) is 17.6 Å². The number of hydrogen-bond donors (Lipinski definition) is 0. The molecular weight excluding hydrogens is 617 g/mol. The smallest absolute Gasteiger partial charge is 0.206 e. The number of hydrogen-bond acceptors (Lipinski definition) is 6. The molecular formula is C36H30N4O2S3. The van der Waals surface area contributed by atoms with Crippen LogP contribution >= 0.6 is 22.7 Å². The standard InChI is InChI=1S/C36H30N4O2S3/c1-3-23-39-33(27-11-7-5-8-12-27)25-43-35(39)37-29-15-19-31(20-16-29)45(41,42)32-21-17-30(18-22-32)38-36-40(24-4-2)34(26-44-36)28-13-9-6-10-14-28/h3-22,25-26H,1-2,23-24H2. The first kappa shape index (κ1) is 30.2. The lowest BCUT2D eigenvalue weighted by Gasteiger charge is -2.07. The second-order valence-electron chi connectivity index (χ2n) is 10.1. The molecule has 6 rings (SSSR count). The minimum Gasteiger partial charge on any atom is -0.313 e. The van der Waals surface area contributed by atoms with Crippen LogP contribution in [0.4, 0.5) is 11.4 Å². The SMILES string of the molecule is C=CCn1c(-c2ccccc2)csc1=Nc1ccc(S(=O)(=O)c2ccc(N=c3scc(-c4ccccc4)n3CC=C)cc2)cc1. The molecule has 0 radical (unpaired) electrons. The molecule has 6 nitrogen and oxygen atoms in total. The lowest BCUT2D eigenvalue weighted by molar-refractivity contribution is 0.596. The van der Waals surface area contributed by atoms with Crippen molar-refractivity contribution in [1.29, 1.82) is 0 Å². The van der Waals surface area contributed by atoms with Crippen LogP contribution in [0.25, 0.3) is 22.5 Å². The molecule has 0 bridgehead atoms. The molecule has 0 saturated carbocycles. The van der Waals surface area contributed by atoms with Crippen LogP contribution in [0.15, 0.2) is 165 Å². The molecule has 0 aliphatic rings. The van der Waals surface area contributed by atoms with Crippen molar-refractivity contribution in [1.82, 2.24) is 9.13 Å². The van der Waals surface area contributed by atoms with Gasteiger partial charge >= 0.3 is 0 Å². The van der Waals surface area contributed by atoms with E-state index >= 15 is 0 Å². The summed E-state index contributed by atoms with van der Waals surface area (Å²) in [6.45, 7) is 9.02. The first-order valence-corrected chi connectivity index (χ1v) is 17.5. The lowest BCUT2D eigenvalue weighted by Crippen LogP contribution is -2.14. The van der Waals surface area contributed by atoms with Crippen molar-refractivity contribution in [2.75, 3.05) is 0 Å². The summed E-state index contributed by atoms with van der Waals surface area (Å²) in [4.78, 5) is 11.6. The van der Waals surface area contributed by atoms with Gasteiger partial charge in [-0.2, -0.15) is 0 Å². The molecule has 6 aromatic rings. The molecule has 0 fully saturated rings. The molecule has 0 spiro atoms. The number of aromatic nitrogens is 2. The fourth-order valence-electron chi connectivity index (χ4n) is 4.88. The molecule has 0 unspecified atom stereocenters. The fraction of sp³-hybridized carbons (Fsp3) is 0.0556. The number of benzene rings is 4. The molecule has 0 N–H and O–H groups in total. The summed E-state index contributed by atoms with van der Waals surface area (Å²) in [5, 5.41) is 4.15. The van der Waals surface area contributed by atoms with Gasteiger partial charge in [0, 0.05) is 23.8 Å². The van der Waals surface area contributed by atoms with Crippen LogP contribution in [0.5, 0.6) is 0 Å². The van der Waals surface area contributed by atoms with E-state index in [0.717, 1.165) is 32.1 Å². The molecule has 224 valence electrons. The highest BCUT2D eigenvalue weighted by Gasteiger charge is 2.18. The van der Waals surface area contributed by atoms with E-state index in [1.165, 1.54) is 22.7 Å². The molecule has 45 heavy (non-hydrogen) atoms. The average Bonchev–Trinajstić information content (AvgIpc) is 3.66. The number of allylic oxidation sites excluding steroid dienone is 2. The zero-order valence-electron chi connectivity index (χ0n) is 24.4. The second-order valence-corrected chi connectivity index (χ2v) is 13.7. The van der Waals surface area contributed by atoms with Gasteiger partial charge in [0.25, 0.3) is 0 Å². The topological polar surface area (TPSA) is 68.7 Å². The van der Waals surface area contributed by atoms with Gasteiger partial charge in [-0.1, -0.05) is 72.8 Å². The normalized spacial score (nSPS) is 12.4. The Bertz CT molecular complexity index is 2040. The maximum absolute atomic E-state index is 13.5. The highest BCUT2D eigenvalue weighted by Crippen LogP contribution is 2.26. The van der Waals surface area contributed by atoms with Crippen molar-refractivity contribution >= 4 is 43.9 Å². The summed E-state index contributed by atoms with van der Waals surface area (Å²) in [6, 6.07) is 33.6. The van der Waals surface area contributed by atoms with E-state index in [9.17, 15) is 8.42 Å². The van der Waals surface area contributed by atoms with Crippen LogP contribution in [0, 0.1) is 0 Å². The zero-order valence-corrected chi connectivity index (χ0v) is 26.8. The van der Waals surface area contributed by atoms with E-state index in [2.05, 4.69) is 57.3 Å². The maximum atomic E-state index is 13.5. The third-order valence-corrected chi connectivity index (χ3v) is 10.6. The minimum atomic E-state index is -3.73. The molecule has 0 amide bonds. The highest BCUT2D eigenvalue weighted by molar-refractivity contribution is 7.91. The minimum absolute atomic E-state index is 0.204. The van der Waals surface area contributed by atoms with Gasteiger partial charge in [0.15, 0.2) is 9.60 Å². The first-order valence-electron chi connectivity index (χ1n) is 14.2. The summed E-state index contributed by atoms with van der Waals surface area (Å²) >= 11 is 3.07. The van der Waals surface area contributed by atoms with Gasteiger partial charge in [0.1, 0.15) is 0 Å². The van der Waals surface area contributed by atoms with E-state index in [-0.39, 0.29) is 9.79 Å².